The van der Waals surface area contributed by atoms with Crippen molar-refractivity contribution >= 4 is 54.4 Å². The Kier molecular flexibility index (Phi) is 10.2. The fourth-order valence-corrected chi connectivity index (χ4v) is 5.18. The van der Waals surface area contributed by atoms with Crippen LogP contribution in [0.25, 0.3) is 10.8 Å². The first kappa shape index (κ1) is 28.8. The largest absolute Gasteiger partial charge is 0.483 e. The molecule has 0 saturated carbocycles. The van der Waals surface area contributed by atoms with Gasteiger partial charge in [0.1, 0.15) is 11.8 Å². The predicted octanol–water partition coefficient (Wildman–Crippen LogP) is 7.16. The van der Waals surface area contributed by atoms with Crippen molar-refractivity contribution in [2.45, 2.75) is 32.9 Å². The van der Waals surface area contributed by atoms with Crippen LogP contribution < -0.4 is 10.1 Å². The van der Waals surface area contributed by atoms with Gasteiger partial charge in [0, 0.05) is 24.0 Å². The molecule has 1 atom stereocenters. The van der Waals surface area contributed by atoms with Gasteiger partial charge in [-0.1, -0.05) is 103 Å². The lowest BCUT2D eigenvalue weighted by atomic mass is 10.0. The summed E-state index contributed by atoms with van der Waals surface area (Å²) in [6.45, 7) is 4.71. The van der Waals surface area contributed by atoms with Gasteiger partial charge in [-0.05, 0) is 61.9 Å². The third-order valence-electron chi connectivity index (χ3n) is 6.40. The predicted molar refractivity (Wildman–Crippen MR) is 164 cm³/mol. The molecule has 0 aromatic heterocycles. The Hall–Kier alpha value is -3.16. The first-order valence-electron chi connectivity index (χ1n) is 13.0. The van der Waals surface area contributed by atoms with Gasteiger partial charge < -0.3 is 15.0 Å². The van der Waals surface area contributed by atoms with Gasteiger partial charge in [0.25, 0.3) is 5.91 Å². The maximum absolute atomic E-state index is 13.8. The van der Waals surface area contributed by atoms with Gasteiger partial charge in [0.15, 0.2) is 6.61 Å². The summed E-state index contributed by atoms with van der Waals surface area (Å²) in [7, 11) is 0. The summed E-state index contributed by atoms with van der Waals surface area (Å²) in [6.07, 6.45) is 0.396. The third-order valence-corrected chi connectivity index (χ3v) is 7.75. The number of carbonyl (C=O) groups excluding carboxylic acids is 2. The van der Waals surface area contributed by atoms with E-state index in [1.165, 1.54) is 0 Å². The van der Waals surface area contributed by atoms with Crippen LogP contribution in [0.3, 0.4) is 0 Å². The van der Waals surface area contributed by atoms with E-state index in [0.29, 0.717) is 18.7 Å². The molecule has 4 aromatic carbocycles. The lowest BCUT2D eigenvalue weighted by Gasteiger charge is -2.31. The van der Waals surface area contributed by atoms with Gasteiger partial charge in [-0.15, -0.1) is 0 Å². The van der Waals surface area contributed by atoms with E-state index in [4.69, 9.17) is 4.74 Å². The number of nitrogens with zero attached hydrogens (tertiary/aromatic N) is 1. The summed E-state index contributed by atoms with van der Waals surface area (Å²) in [6, 6.07) is 28.7. The Morgan fingerprint density at radius 1 is 0.846 bits per heavy atom. The molecule has 202 valence electrons. The van der Waals surface area contributed by atoms with E-state index in [2.05, 4.69) is 37.2 Å². The van der Waals surface area contributed by atoms with Crippen LogP contribution in [0.4, 0.5) is 0 Å². The molecule has 39 heavy (non-hydrogen) atoms. The first-order chi connectivity index (χ1) is 18.8. The Bertz CT molecular complexity index is 1410. The smallest absolute Gasteiger partial charge is 0.261 e. The summed E-state index contributed by atoms with van der Waals surface area (Å²) in [4.78, 5) is 29.0. The van der Waals surface area contributed by atoms with Crippen molar-refractivity contribution < 1.29 is 14.3 Å². The zero-order chi connectivity index (χ0) is 27.8. The van der Waals surface area contributed by atoms with Gasteiger partial charge in [-0.25, -0.2) is 0 Å². The van der Waals surface area contributed by atoms with Crippen molar-refractivity contribution in [2.75, 3.05) is 13.2 Å². The van der Waals surface area contributed by atoms with Crippen LogP contribution >= 0.6 is 31.9 Å². The highest BCUT2D eigenvalue weighted by Gasteiger charge is 2.31. The molecule has 1 unspecified atom stereocenters. The second-order valence-corrected chi connectivity index (χ2v) is 11.6. The Labute approximate surface area is 246 Å². The number of hydrogen-bond acceptors (Lipinski definition) is 3. The quantitative estimate of drug-likeness (QED) is 0.187. The van der Waals surface area contributed by atoms with Gasteiger partial charge >= 0.3 is 0 Å². The van der Waals surface area contributed by atoms with E-state index >= 15 is 0 Å². The van der Waals surface area contributed by atoms with Crippen LogP contribution in [-0.2, 0) is 22.6 Å². The summed E-state index contributed by atoms with van der Waals surface area (Å²) in [5.74, 6) is 0.425. The molecule has 0 aliphatic rings. The average molecular weight is 652 g/mol. The molecule has 1 N–H and O–H groups in total. The molecule has 0 heterocycles. The van der Waals surface area contributed by atoms with Crippen LogP contribution in [-0.4, -0.2) is 35.9 Å². The van der Waals surface area contributed by atoms with E-state index in [-0.39, 0.29) is 30.9 Å². The minimum atomic E-state index is -0.703. The van der Waals surface area contributed by atoms with Crippen molar-refractivity contribution in [1.29, 1.82) is 0 Å². The van der Waals surface area contributed by atoms with E-state index in [9.17, 15) is 9.59 Å². The second kappa shape index (κ2) is 13.8. The monoisotopic (exact) mass is 650 g/mol. The van der Waals surface area contributed by atoms with Gasteiger partial charge in [-0.2, -0.15) is 0 Å². The van der Waals surface area contributed by atoms with Crippen molar-refractivity contribution in [2.24, 2.45) is 5.92 Å². The molecule has 0 saturated heterocycles. The molecule has 2 amide bonds. The Morgan fingerprint density at radius 2 is 1.54 bits per heavy atom. The lowest BCUT2D eigenvalue weighted by molar-refractivity contribution is -0.142. The van der Waals surface area contributed by atoms with Crippen LogP contribution in [0.2, 0.25) is 0 Å². The fourth-order valence-electron chi connectivity index (χ4n) is 4.31. The molecule has 0 radical (unpaired) electrons. The molecule has 0 aliphatic carbocycles. The van der Waals surface area contributed by atoms with E-state index in [1.54, 1.807) is 4.90 Å². The number of benzene rings is 4. The van der Waals surface area contributed by atoms with Gasteiger partial charge in [0.2, 0.25) is 5.91 Å². The molecule has 0 aliphatic heterocycles. The number of ether oxygens (including phenoxy) is 1. The maximum atomic E-state index is 13.8. The minimum Gasteiger partial charge on any atom is -0.483 e. The van der Waals surface area contributed by atoms with E-state index in [1.807, 2.05) is 105 Å². The molecule has 7 heteroatoms. The van der Waals surface area contributed by atoms with Crippen LogP contribution in [0.5, 0.6) is 5.75 Å². The Morgan fingerprint density at radius 3 is 2.26 bits per heavy atom. The van der Waals surface area contributed by atoms with Crippen LogP contribution in [0.1, 0.15) is 25.0 Å². The minimum absolute atomic E-state index is 0.176. The number of amides is 2. The van der Waals surface area contributed by atoms with Crippen molar-refractivity contribution in [3.05, 3.63) is 111 Å². The SMILES string of the molecule is CC(C)CNC(=O)C(Cc1ccccc1)N(Cc1ccc(Br)cc1)C(=O)COc1ccc2ccccc2c1Br. The van der Waals surface area contributed by atoms with E-state index in [0.717, 1.165) is 30.8 Å². The standard InChI is InChI=1S/C32H32Br2N2O3/c1-22(2)19-35-32(38)28(18-23-8-4-3-5-9-23)36(20-24-12-15-26(33)16-13-24)30(37)21-39-29-17-14-25-10-6-7-11-27(25)31(29)34/h3-17,22,28H,18-21H2,1-2H3,(H,35,38). The molecular weight excluding hydrogens is 620 g/mol. The summed E-state index contributed by atoms with van der Waals surface area (Å²) >= 11 is 7.12. The zero-order valence-corrected chi connectivity index (χ0v) is 25.2. The second-order valence-electron chi connectivity index (χ2n) is 9.88. The molecule has 0 fully saturated rings. The lowest BCUT2D eigenvalue weighted by Crippen LogP contribution is -2.52. The van der Waals surface area contributed by atoms with Gasteiger partial charge in [0.05, 0.1) is 4.47 Å². The highest BCUT2D eigenvalue weighted by molar-refractivity contribution is 9.11. The number of carbonyl (C=O) groups is 2. The molecule has 5 nitrogen and oxygen atoms in total. The number of rotatable bonds is 11. The number of halogens is 2. The molecule has 4 aromatic rings. The van der Waals surface area contributed by atoms with Crippen molar-refractivity contribution in [3.8, 4) is 5.75 Å². The Balaban J connectivity index is 1.63. The zero-order valence-electron chi connectivity index (χ0n) is 22.1. The fraction of sp³-hybridized carbons (Fsp3) is 0.250. The molecule has 0 spiro atoms. The average Bonchev–Trinajstić information content (AvgIpc) is 2.94. The first-order valence-corrected chi connectivity index (χ1v) is 14.6. The van der Waals surface area contributed by atoms with Crippen LogP contribution in [0.15, 0.2) is 99.9 Å². The summed E-state index contributed by atoms with van der Waals surface area (Å²) < 4.78 is 7.79. The van der Waals surface area contributed by atoms with Crippen molar-refractivity contribution in [3.63, 3.8) is 0 Å². The number of fused-ring (bicyclic) bond motifs is 1. The topological polar surface area (TPSA) is 58.6 Å². The van der Waals surface area contributed by atoms with Crippen molar-refractivity contribution in [1.82, 2.24) is 10.2 Å². The summed E-state index contributed by atoms with van der Waals surface area (Å²) in [5.41, 5.74) is 1.90. The highest BCUT2D eigenvalue weighted by atomic mass is 79.9. The van der Waals surface area contributed by atoms with Gasteiger partial charge in [-0.3, -0.25) is 9.59 Å². The normalized spacial score (nSPS) is 11.8. The number of nitrogens with one attached hydrogen (secondary N) is 1. The molecule has 4 rings (SSSR count). The van der Waals surface area contributed by atoms with E-state index < -0.39 is 6.04 Å². The number of hydrogen-bond donors (Lipinski definition) is 1. The third kappa shape index (κ3) is 7.93. The van der Waals surface area contributed by atoms with Crippen LogP contribution in [0, 0.1) is 5.92 Å². The molecule has 0 bridgehead atoms. The highest BCUT2D eigenvalue weighted by Crippen LogP contribution is 2.33. The summed E-state index contributed by atoms with van der Waals surface area (Å²) in [5, 5.41) is 5.12. The maximum Gasteiger partial charge on any atom is 0.261 e. The molecular formula is C32H32Br2N2O3.